The van der Waals surface area contributed by atoms with Gasteiger partial charge in [0.1, 0.15) is 5.75 Å². The smallest absolute Gasteiger partial charge is 0.420 e. The monoisotopic (exact) mass is 686 g/mol. The predicted octanol–water partition coefficient (Wildman–Crippen LogP) is 5.22. The molecule has 2 aliphatic heterocycles. The van der Waals surface area contributed by atoms with Crippen LogP contribution in [0.15, 0.2) is 47.4 Å². The summed E-state index contributed by atoms with van der Waals surface area (Å²) in [5, 5.41) is 10.4. The number of hydrogen-bond acceptors (Lipinski definition) is 6. The minimum atomic E-state index is -4.85. The fourth-order valence-corrected chi connectivity index (χ4v) is 7.42. The third-order valence-electron chi connectivity index (χ3n) is 9.84. The van der Waals surface area contributed by atoms with Gasteiger partial charge >= 0.3 is 11.9 Å². The molecular formula is C34H38ClF3N6O4. The summed E-state index contributed by atoms with van der Waals surface area (Å²) in [6, 6.07) is 9.71. The molecule has 256 valence electrons. The van der Waals surface area contributed by atoms with Crippen molar-refractivity contribution < 1.29 is 27.9 Å². The van der Waals surface area contributed by atoms with Gasteiger partial charge in [-0.2, -0.15) is 13.2 Å². The van der Waals surface area contributed by atoms with Crippen molar-refractivity contribution in [3.05, 3.63) is 69.2 Å². The molecule has 10 nitrogen and oxygen atoms in total. The third kappa shape index (κ3) is 6.75. The van der Waals surface area contributed by atoms with Crippen molar-refractivity contribution in [2.24, 2.45) is 5.92 Å². The Labute approximate surface area is 280 Å². The molecule has 2 saturated heterocycles. The molecule has 0 unspecified atom stereocenters. The summed E-state index contributed by atoms with van der Waals surface area (Å²) < 4.78 is 42.7. The lowest BCUT2D eigenvalue weighted by Gasteiger charge is -2.37. The standard InChI is InChI=1S/C34H38ClF3N6O4/c1-41(2)22-7-13-43(14-8-22)32(47)21(15-20-16-25(34(36,37)38)31(46)26(35)17-20)18-29(45)42-11-9-23(10-12-42)44-28-19-39-27-6-4-3-5-24(27)30(28)40-33(44)48/h3-6,16-17,19,21-23,46H,7-15,18H2,1-2H3,(H,40,48)/t21-/m0/s1. The van der Waals surface area contributed by atoms with Crippen molar-refractivity contribution in [2.75, 3.05) is 40.3 Å². The topological polar surface area (TPSA) is 115 Å². The van der Waals surface area contributed by atoms with Gasteiger partial charge < -0.3 is 24.8 Å². The average Bonchev–Trinajstić information content (AvgIpc) is 3.41. The molecule has 2 fully saturated rings. The van der Waals surface area contributed by atoms with Crippen LogP contribution in [0.2, 0.25) is 5.02 Å². The molecule has 2 N–H and O–H groups in total. The molecule has 0 aliphatic carbocycles. The Balaban J connectivity index is 1.19. The van der Waals surface area contributed by atoms with E-state index in [0.717, 1.165) is 29.8 Å². The van der Waals surface area contributed by atoms with Gasteiger partial charge in [-0.3, -0.25) is 19.1 Å². The first-order valence-corrected chi connectivity index (χ1v) is 16.5. The minimum absolute atomic E-state index is 0.109. The summed E-state index contributed by atoms with van der Waals surface area (Å²) in [7, 11) is 3.96. The van der Waals surface area contributed by atoms with E-state index in [9.17, 15) is 32.7 Å². The van der Waals surface area contributed by atoms with Crippen LogP contribution in [0, 0.1) is 5.92 Å². The number of para-hydroxylation sites is 1. The van der Waals surface area contributed by atoms with Crippen molar-refractivity contribution in [1.29, 1.82) is 0 Å². The highest BCUT2D eigenvalue weighted by Gasteiger charge is 2.37. The summed E-state index contributed by atoms with van der Waals surface area (Å²) in [5.74, 6) is -2.57. The number of fused-ring (bicyclic) bond motifs is 3. The molecular weight excluding hydrogens is 649 g/mol. The van der Waals surface area contributed by atoms with Gasteiger partial charge in [-0.05, 0) is 70.0 Å². The Bertz CT molecular complexity index is 1890. The second-order valence-corrected chi connectivity index (χ2v) is 13.5. The van der Waals surface area contributed by atoms with E-state index in [0.29, 0.717) is 56.1 Å². The molecule has 0 spiro atoms. The fraction of sp³-hybridized carbons (Fsp3) is 0.471. The molecule has 2 aromatic heterocycles. The number of imidazole rings is 1. The molecule has 0 saturated carbocycles. The highest BCUT2D eigenvalue weighted by Crippen LogP contribution is 2.41. The number of aromatic nitrogens is 3. The Kier molecular flexibility index (Phi) is 9.45. The maximum Gasteiger partial charge on any atom is 0.420 e. The molecule has 0 bridgehead atoms. The molecule has 6 rings (SSSR count). The summed E-state index contributed by atoms with van der Waals surface area (Å²) >= 11 is 5.99. The zero-order chi connectivity index (χ0) is 34.3. The molecule has 2 aliphatic rings. The van der Waals surface area contributed by atoms with Crippen LogP contribution in [-0.4, -0.2) is 92.5 Å². The van der Waals surface area contributed by atoms with Crippen molar-refractivity contribution >= 4 is 45.4 Å². The summed E-state index contributed by atoms with van der Waals surface area (Å²) in [4.78, 5) is 53.6. The van der Waals surface area contributed by atoms with Gasteiger partial charge in [0.25, 0.3) is 0 Å². The van der Waals surface area contributed by atoms with Crippen LogP contribution in [0.3, 0.4) is 0 Å². The van der Waals surface area contributed by atoms with Gasteiger partial charge in [0, 0.05) is 50.1 Å². The highest BCUT2D eigenvalue weighted by molar-refractivity contribution is 6.32. The SMILES string of the molecule is CN(C)C1CCN(C(=O)[C@H](CC(=O)N2CCC(n3c(=O)[nH]c4c5ccccc5ncc43)CC2)Cc2cc(Cl)c(O)c(C(F)(F)F)c2)CC1. The van der Waals surface area contributed by atoms with E-state index in [1.165, 1.54) is 6.07 Å². The first-order valence-electron chi connectivity index (χ1n) is 16.1. The van der Waals surface area contributed by atoms with Crippen LogP contribution in [0.25, 0.3) is 21.9 Å². The van der Waals surface area contributed by atoms with Gasteiger partial charge in [-0.25, -0.2) is 4.79 Å². The van der Waals surface area contributed by atoms with Crippen LogP contribution >= 0.6 is 11.6 Å². The van der Waals surface area contributed by atoms with E-state index in [1.54, 1.807) is 20.6 Å². The number of aromatic amines is 1. The predicted molar refractivity (Wildman–Crippen MR) is 176 cm³/mol. The number of benzene rings is 2. The molecule has 48 heavy (non-hydrogen) atoms. The molecule has 2 amide bonds. The number of pyridine rings is 1. The van der Waals surface area contributed by atoms with Gasteiger partial charge in [0.15, 0.2) is 0 Å². The normalized spacial score (nSPS) is 17.5. The van der Waals surface area contributed by atoms with E-state index in [2.05, 4.69) is 14.9 Å². The number of rotatable bonds is 7. The highest BCUT2D eigenvalue weighted by atomic mass is 35.5. The van der Waals surface area contributed by atoms with Crippen LogP contribution in [0.5, 0.6) is 5.75 Å². The van der Waals surface area contributed by atoms with E-state index >= 15 is 0 Å². The summed E-state index contributed by atoms with van der Waals surface area (Å²) in [5.41, 5.74) is 0.753. The molecule has 4 heterocycles. The van der Waals surface area contributed by atoms with Gasteiger partial charge in [0.2, 0.25) is 11.8 Å². The molecule has 0 radical (unpaired) electrons. The van der Waals surface area contributed by atoms with Crippen LogP contribution < -0.4 is 5.69 Å². The average molecular weight is 687 g/mol. The zero-order valence-electron chi connectivity index (χ0n) is 26.8. The fourth-order valence-electron chi connectivity index (χ4n) is 7.18. The maximum absolute atomic E-state index is 13.9. The largest absolute Gasteiger partial charge is 0.506 e. The van der Waals surface area contributed by atoms with Crippen molar-refractivity contribution in [1.82, 2.24) is 29.2 Å². The Morgan fingerprint density at radius 3 is 2.40 bits per heavy atom. The van der Waals surface area contributed by atoms with Crippen LogP contribution in [-0.2, 0) is 22.2 Å². The minimum Gasteiger partial charge on any atom is -0.506 e. The number of carbonyl (C=O) groups is 2. The first-order chi connectivity index (χ1) is 22.8. The van der Waals surface area contributed by atoms with Crippen LogP contribution in [0.1, 0.15) is 49.3 Å². The third-order valence-corrected chi connectivity index (χ3v) is 10.1. The van der Waals surface area contributed by atoms with Gasteiger partial charge in [0.05, 0.1) is 39.3 Å². The Morgan fingerprint density at radius 1 is 1.06 bits per heavy atom. The lowest BCUT2D eigenvalue weighted by Crippen LogP contribution is -2.48. The second kappa shape index (κ2) is 13.4. The maximum atomic E-state index is 13.9. The van der Waals surface area contributed by atoms with Crippen molar-refractivity contribution in [2.45, 2.75) is 56.8 Å². The number of likely N-dealkylation sites (tertiary alicyclic amines) is 2. The number of H-pyrrole nitrogens is 1. The number of alkyl halides is 3. The molecule has 1 atom stereocenters. The van der Waals surface area contributed by atoms with Crippen molar-refractivity contribution in [3.63, 3.8) is 0 Å². The number of halogens is 4. The second-order valence-electron chi connectivity index (χ2n) is 13.0. The summed E-state index contributed by atoms with van der Waals surface area (Å²) in [6.45, 7) is 1.65. The van der Waals surface area contributed by atoms with E-state index in [-0.39, 0.29) is 42.0 Å². The number of carbonyl (C=O) groups excluding carboxylic acids is 2. The van der Waals surface area contributed by atoms with E-state index < -0.39 is 28.4 Å². The first kappa shape index (κ1) is 33.8. The number of nitrogens with zero attached hydrogens (tertiary/aromatic N) is 5. The number of aromatic hydroxyl groups is 1. The van der Waals surface area contributed by atoms with Gasteiger partial charge in [-0.15, -0.1) is 0 Å². The quantitative estimate of drug-likeness (QED) is 0.276. The Morgan fingerprint density at radius 2 is 1.73 bits per heavy atom. The van der Waals surface area contributed by atoms with Crippen molar-refractivity contribution in [3.8, 4) is 5.75 Å². The number of amides is 2. The number of phenolic OH excluding ortho intramolecular Hbond substituents is 1. The number of hydrogen-bond donors (Lipinski definition) is 2. The number of piperidine rings is 2. The number of phenols is 1. The Hall–Kier alpha value is -4.10. The van der Waals surface area contributed by atoms with E-state index in [4.69, 9.17) is 11.6 Å². The number of nitrogens with one attached hydrogen (secondary N) is 1. The van der Waals surface area contributed by atoms with Crippen LogP contribution in [0.4, 0.5) is 13.2 Å². The summed E-state index contributed by atoms with van der Waals surface area (Å²) in [6.07, 6.45) is -1.01. The molecule has 2 aromatic carbocycles. The molecule has 14 heteroatoms. The zero-order valence-corrected chi connectivity index (χ0v) is 27.5. The van der Waals surface area contributed by atoms with E-state index in [1.807, 2.05) is 38.4 Å². The molecule has 4 aromatic rings. The lowest BCUT2D eigenvalue weighted by atomic mass is 9.91. The van der Waals surface area contributed by atoms with Gasteiger partial charge in [-0.1, -0.05) is 29.8 Å². The lowest BCUT2D eigenvalue weighted by molar-refractivity contribution is -0.143.